The lowest BCUT2D eigenvalue weighted by atomic mass is 10.4. The van der Waals surface area contributed by atoms with E-state index in [2.05, 4.69) is 11.9 Å². The van der Waals surface area contributed by atoms with Crippen LogP contribution in [0.2, 0.25) is 0 Å². The summed E-state index contributed by atoms with van der Waals surface area (Å²) in [6, 6.07) is 0.264. The zero-order chi connectivity index (χ0) is 9.56. The van der Waals surface area contributed by atoms with Gasteiger partial charge in [-0.3, -0.25) is 4.99 Å². The van der Waals surface area contributed by atoms with Crippen molar-refractivity contribution in [2.45, 2.75) is 32.1 Å². The molecule has 4 N–H and O–H groups in total. The van der Waals surface area contributed by atoms with Crippen LogP contribution in [-0.4, -0.2) is 29.4 Å². The molecule has 0 aromatic carbocycles. The quantitative estimate of drug-likeness (QED) is 0.585. The normalized spacial score (nSPS) is 15.0. The summed E-state index contributed by atoms with van der Waals surface area (Å²) < 4.78 is 0. The Labute approximate surface area is 103 Å². The number of halogens is 2. The number of hydrogen-bond acceptors (Lipinski definition) is 3. The van der Waals surface area contributed by atoms with Gasteiger partial charge in [-0.1, -0.05) is 6.92 Å². The molecule has 0 rings (SSSR count). The number of thioether (sulfide) groups is 1. The van der Waals surface area contributed by atoms with Gasteiger partial charge in [-0.05, 0) is 13.8 Å². The third kappa shape index (κ3) is 14.9. The second-order valence-corrected chi connectivity index (χ2v) is 4.57. The average Bonchev–Trinajstić information content (AvgIpc) is 1.96. The maximum absolute atomic E-state index is 5.62. The number of rotatable bonds is 5. The fraction of sp³-hybridized carbons (Fsp3) is 0.875. The van der Waals surface area contributed by atoms with Crippen molar-refractivity contribution < 1.29 is 0 Å². The van der Waals surface area contributed by atoms with Crippen LogP contribution in [0.4, 0.5) is 0 Å². The third-order valence-electron chi connectivity index (χ3n) is 1.24. The van der Waals surface area contributed by atoms with E-state index in [1.165, 1.54) is 0 Å². The molecular weight excluding hydrogens is 241 g/mol. The fourth-order valence-electron chi connectivity index (χ4n) is 0.641. The Kier molecular flexibility index (Phi) is 16.2. The standard InChI is InChI=1S/C8H19N3S.2ClH/c1-6(9)5-12-7(2)4-11-8(3)10;;/h6-7H,4-5,9H2,1-3H3,(H2,10,11);2*1H/t6?,7-;;/m1../s1. The first-order valence-corrected chi connectivity index (χ1v) is 5.21. The number of nitrogens with two attached hydrogens (primary N) is 2. The number of hydrogen-bond donors (Lipinski definition) is 2. The van der Waals surface area contributed by atoms with E-state index in [0.29, 0.717) is 11.1 Å². The number of aliphatic imine (C=N–C) groups is 1. The zero-order valence-corrected chi connectivity index (χ0v) is 11.3. The van der Waals surface area contributed by atoms with E-state index >= 15 is 0 Å². The van der Waals surface area contributed by atoms with Crippen LogP contribution in [0, 0.1) is 0 Å². The van der Waals surface area contributed by atoms with Crippen LogP contribution < -0.4 is 11.5 Å². The average molecular weight is 262 g/mol. The van der Waals surface area contributed by atoms with Crippen molar-refractivity contribution in [3.63, 3.8) is 0 Å². The van der Waals surface area contributed by atoms with E-state index in [0.717, 1.165) is 12.3 Å². The molecule has 0 aromatic rings. The van der Waals surface area contributed by atoms with Crippen LogP contribution >= 0.6 is 36.6 Å². The molecule has 0 saturated heterocycles. The Hall–Kier alpha value is 0.360. The molecule has 0 amide bonds. The molecule has 0 saturated carbocycles. The van der Waals surface area contributed by atoms with Crippen LogP contribution in [0.25, 0.3) is 0 Å². The van der Waals surface area contributed by atoms with E-state index in [-0.39, 0.29) is 30.9 Å². The van der Waals surface area contributed by atoms with E-state index in [1.807, 2.05) is 25.6 Å². The summed E-state index contributed by atoms with van der Waals surface area (Å²) in [6.45, 7) is 6.75. The Morgan fingerprint density at radius 2 is 1.86 bits per heavy atom. The first-order valence-electron chi connectivity index (χ1n) is 4.16. The van der Waals surface area contributed by atoms with Gasteiger partial charge in [0.1, 0.15) is 0 Å². The third-order valence-corrected chi connectivity index (χ3v) is 2.68. The van der Waals surface area contributed by atoms with Gasteiger partial charge in [0.15, 0.2) is 0 Å². The van der Waals surface area contributed by atoms with E-state index < -0.39 is 0 Å². The zero-order valence-electron chi connectivity index (χ0n) is 8.90. The van der Waals surface area contributed by atoms with Gasteiger partial charge in [0, 0.05) is 17.0 Å². The van der Waals surface area contributed by atoms with Crippen molar-refractivity contribution in [3.05, 3.63) is 0 Å². The SMILES string of the molecule is CC(N)=NC[C@@H](C)SCC(C)N.Cl.Cl. The van der Waals surface area contributed by atoms with Crippen molar-refractivity contribution in [1.29, 1.82) is 0 Å². The molecule has 0 aromatic heterocycles. The molecule has 0 fully saturated rings. The van der Waals surface area contributed by atoms with Gasteiger partial charge in [0.25, 0.3) is 0 Å². The predicted molar refractivity (Wildman–Crippen MR) is 72.2 cm³/mol. The highest BCUT2D eigenvalue weighted by atomic mass is 35.5. The lowest BCUT2D eigenvalue weighted by molar-refractivity contribution is 0.840. The minimum Gasteiger partial charge on any atom is -0.388 e. The molecule has 2 atom stereocenters. The van der Waals surface area contributed by atoms with E-state index in [1.54, 1.807) is 0 Å². The highest BCUT2D eigenvalue weighted by Crippen LogP contribution is 2.10. The van der Waals surface area contributed by atoms with Gasteiger partial charge in [0.05, 0.1) is 12.4 Å². The molecular formula is C8H21Cl2N3S. The first-order chi connectivity index (χ1) is 5.52. The topological polar surface area (TPSA) is 64.4 Å². The van der Waals surface area contributed by atoms with Gasteiger partial charge < -0.3 is 11.5 Å². The highest BCUT2D eigenvalue weighted by molar-refractivity contribution is 7.99. The van der Waals surface area contributed by atoms with E-state index in [9.17, 15) is 0 Å². The van der Waals surface area contributed by atoms with Crippen molar-refractivity contribution in [1.82, 2.24) is 0 Å². The molecule has 3 nitrogen and oxygen atoms in total. The Morgan fingerprint density at radius 3 is 2.21 bits per heavy atom. The smallest absolute Gasteiger partial charge is 0.0906 e. The number of nitrogens with zero attached hydrogens (tertiary/aromatic N) is 1. The van der Waals surface area contributed by atoms with E-state index in [4.69, 9.17) is 11.5 Å². The van der Waals surface area contributed by atoms with Crippen LogP contribution in [0.3, 0.4) is 0 Å². The summed E-state index contributed by atoms with van der Waals surface area (Å²) in [5, 5.41) is 0.509. The summed E-state index contributed by atoms with van der Waals surface area (Å²) in [4.78, 5) is 4.14. The lowest BCUT2D eigenvalue weighted by Crippen LogP contribution is -2.20. The maximum atomic E-state index is 5.62. The predicted octanol–water partition coefficient (Wildman–Crippen LogP) is 1.68. The molecule has 1 unspecified atom stereocenters. The fourth-order valence-corrected chi connectivity index (χ4v) is 1.45. The van der Waals surface area contributed by atoms with Crippen LogP contribution in [0.1, 0.15) is 20.8 Å². The summed E-state index contributed by atoms with van der Waals surface area (Å²) in [6.07, 6.45) is 0. The molecule has 0 aliphatic heterocycles. The lowest BCUT2D eigenvalue weighted by Gasteiger charge is -2.10. The monoisotopic (exact) mass is 261 g/mol. The summed E-state index contributed by atoms with van der Waals surface area (Å²) in [5.41, 5.74) is 11.0. The molecule has 0 aliphatic rings. The molecule has 88 valence electrons. The van der Waals surface area contributed by atoms with Gasteiger partial charge in [-0.25, -0.2) is 0 Å². The largest absolute Gasteiger partial charge is 0.388 e. The van der Waals surface area contributed by atoms with Gasteiger partial charge >= 0.3 is 0 Å². The Bertz CT molecular complexity index is 150. The van der Waals surface area contributed by atoms with Crippen molar-refractivity contribution in [2.75, 3.05) is 12.3 Å². The second-order valence-electron chi connectivity index (χ2n) is 3.10. The molecule has 0 radical (unpaired) electrons. The van der Waals surface area contributed by atoms with Crippen LogP contribution in [0.15, 0.2) is 4.99 Å². The van der Waals surface area contributed by atoms with Crippen molar-refractivity contribution in [2.24, 2.45) is 16.5 Å². The van der Waals surface area contributed by atoms with Crippen molar-refractivity contribution in [3.8, 4) is 0 Å². The molecule has 0 aliphatic carbocycles. The molecule has 0 bridgehead atoms. The molecule has 6 heteroatoms. The summed E-state index contributed by atoms with van der Waals surface area (Å²) in [5.74, 6) is 1.64. The second kappa shape index (κ2) is 11.4. The number of amidine groups is 1. The molecule has 14 heavy (non-hydrogen) atoms. The van der Waals surface area contributed by atoms with Gasteiger partial charge in [0.2, 0.25) is 0 Å². The minimum atomic E-state index is 0. The Morgan fingerprint density at radius 1 is 1.36 bits per heavy atom. The molecule has 0 heterocycles. The maximum Gasteiger partial charge on any atom is 0.0906 e. The summed E-state index contributed by atoms with van der Waals surface area (Å²) in [7, 11) is 0. The van der Waals surface area contributed by atoms with Gasteiger partial charge in [-0.2, -0.15) is 11.8 Å². The van der Waals surface area contributed by atoms with Crippen LogP contribution in [-0.2, 0) is 0 Å². The highest BCUT2D eigenvalue weighted by Gasteiger charge is 2.02. The Balaban J connectivity index is -0.000000605. The first kappa shape index (κ1) is 19.9. The molecule has 0 spiro atoms. The minimum absolute atomic E-state index is 0. The van der Waals surface area contributed by atoms with Gasteiger partial charge in [-0.15, -0.1) is 24.8 Å². The van der Waals surface area contributed by atoms with Crippen molar-refractivity contribution >= 4 is 42.4 Å². The summed E-state index contributed by atoms with van der Waals surface area (Å²) >= 11 is 1.84. The van der Waals surface area contributed by atoms with Crippen LogP contribution in [0.5, 0.6) is 0 Å².